The molecule has 1 saturated heterocycles. The van der Waals surface area contributed by atoms with Crippen molar-refractivity contribution < 1.29 is 4.74 Å². The molecule has 0 aliphatic carbocycles. The lowest BCUT2D eigenvalue weighted by atomic mass is 9.99. The Hall–Kier alpha value is -2.67. The molecule has 1 aliphatic rings. The summed E-state index contributed by atoms with van der Waals surface area (Å²) in [5, 5.41) is 8.07. The van der Waals surface area contributed by atoms with Crippen LogP contribution >= 0.6 is 0 Å². The van der Waals surface area contributed by atoms with Crippen LogP contribution in [-0.4, -0.2) is 32.9 Å². The Bertz CT molecular complexity index is 916. The van der Waals surface area contributed by atoms with E-state index in [9.17, 15) is 4.79 Å². The zero-order valence-corrected chi connectivity index (χ0v) is 13.4. The molecule has 124 valence electrons. The molecule has 3 heterocycles. The van der Waals surface area contributed by atoms with Gasteiger partial charge in [0.25, 0.3) is 5.56 Å². The predicted molar refractivity (Wildman–Crippen MR) is 90.9 cm³/mol. The Kier molecular flexibility index (Phi) is 3.78. The minimum absolute atomic E-state index is 0.0113. The molecule has 0 saturated carbocycles. The fourth-order valence-electron chi connectivity index (χ4n) is 3.23. The van der Waals surface area contributed by atoms with Crippen molar-refractivity contribution in [1.29, 1.82) is 0 Å². The van der Waals surface area contributed by atoms with Crippen LogP contribution in [0.25, 0.3) is 10.9 Å². The van der Waals surface area contributed by atoms with Crippen molar-refractivity contribution in [2.24, 2.45) is 13.0 Å². The lowest BCUT2D eigenvalue weighted by molar-refractivity contribution is 0.0866. The first-order chi connectivity index (χ1) is 11.7. The minimum Gasteiger partial charge on any atom is -0.372 e. The Morgan fingerprint density at radius 3 is 3.08 bits per heavy atom. The molecule has 2 atom stereocenters. The molecule has 7 heteroatoms. The van der Waals surface area contributed by atoms with Crippen molar-refractivity contribution in [1.82, 2.24) is 19.7 Å². The van der Waals surface area contributed by atoms with E-state index in [1.807, 2.05) is 36.0 Å². The predicted octanol–water partition coefficient (Wildman–Crippen LogP) is 1.85. The van der Waals surface area contributed by atoms with E-state index in [1.54, 1.807) is 12.3 Å². The molecule has 0 bridgehead atoms. The second-order valence-electron chi connectivity index (χ2n) is 6.03. The highest BCUT2D eigenvalue weighted by atomic mass is 16.5. The molecule has 2 N–H and O–H groups in total. The highest BCUT2D eigenvalue weighted by Gasteiger charge is 2.31. The first-order valence-corrected chi connectivity index (χ1v) is 8.05. The second-order valence-corrected chi connectivity index (χ2v) is 6.03. The van der Waals surface area contributed by atoms with E-state index in [2.05, 4.69) is 20.4 Å². The number of nitrogens with one attached hydrogen (secondary N) is 2. The van der Waals surface area contributed by atoms with Crippen LogP contribution in [-0.2, 0) is 11.8 Å². The normalized spacial score (nSPS) is 20.5. The lowest BCUT2D eigenvalue weighted by Crippen LogP contribution is -2.22. The number of aryl methyl sites for hydroxylation is 1. The standard InChI is InChI=1S/C17H19N5O2/c1-22-14(6-8-19-22)15-11(7-9-24-15)10-18-17-20-13-5-3-2-4-12(13)16(23)21-17/h2-6,8,11,15H,7,9-10H2,1H3,(H2,18,20,21,23)/t11-,15+/m0/s1. The van der Waals surface area contributed by atoms with Crippen molar-refractivity contribution in [3.05, 3.63) is 52.6 Å². The Labute approximate surface area is 138 Å². The van der Waals surface area contributed by atoms with Gasteiger partial charge in [0, 0.05) is 32.3 Å². The van der Waals surface area contributed by atoms with Crippen LogP contribution in [0.5, 0.6) is 0 Å². The van der Waals surface area contributed by atoms with Crippen molar-refractivity contribution in [3.63, 3.8) is 0 Å². The van der Waals surface area contributed by atoms with Crippen LogP contribution in [0.4, 0.5) is 5.95 Å². The highest BCUT2D eigenvalue weighted by Crippen LogP contribution is 2.34. The van der Waals surface area contributed by atoms with Crippen LogP contribution in [0, 0.1) is 5.92 Å². The SMILES string of the molecule is Cn1nccc1[C@@H]1OCC[C@H]1CNc1nc2ccccc2c(=O)[nH]1. The van der Waals surface area contributed by atoms with E-state index in [1.165, 1.54) is 0 Å². The molecule has 24 heavy (non-hydrogen) atoms. The smallest absolute Gasteiger partial charge is 0.260 e. The maximum atomic E-state index is 12.1. The summed E-state index contributed by atoms with van der Waals surface area (Å²) in [4.78, 5) is 19.4. The number of nitrogens with zero attached hydrogens (tertiary/aromatic N) is 3. The third-order valence-corrected chi connectivity index (χ3v) is 4.51. The summed E-state index contributed by atoms with van der Waals surface area (Å²) in [6.45, 7) is 1.40. The molecule has 0 radical (unpaired) electrons. The van der Waals surface area contributed by atoms with E-state index in [0.717, 1.165) is 18.7 Å². The van der Waals surface area contributed by atoms with Gasteiger partial charge < -0.3 is 10.1 Å². The molecule has 1 aliphatic heterocycles. The van der Waals surface area contributed by atoms with E-state index in [0.29, 0.717) is 29.3 Å². The molecule has 1 fully saturated rings. The fourth-order valence-corrected chi connectivity index (χ4v) is 3.23. The topological polar surface area (TPSA) is 84.8 Å². The third kappa shape index (κ3) is 2.67. The molecule has 7 nitrogen and oxygen atoms in total. The second kappa shape index (κ2) is 6.09. The van der Waals surface area contributed by atoms with Crippen molar-refractivity contribution >= 4 is 16.9 Å². The van der Waals surface area contributed by atoms with Gasteiger partial charge in [0.2, 0.25) is 5.95 Å². The number of para-hydroxylation sites is 1. The van der Waals surface area contributed by atoms with Gasteiger partial charge in [-0.3, -0.25) is 14.5 Å². The van der Waals surface area contributed by atoms with Gasteiger partial charge in [0.1, 0.15) is 6.10 Å². The quantitative estimate of drug-likeness (QED) is 0.765. The van der Waals surface area contributed by atoms with Gasteiger partial charge in [0.15, 0.2) is 0 Å². The van der Waals surface area contributed by atoms with E-state index >= 15 is 0 Å². The number of ether oxygens (including phenoxy) is 1. The molecule has 0 unspecified atom stereocenters. The first-order valence-electron chi connectivity index (χ1n) is 8.05. The Morgan fingerprint density at radius 2 is 2.25 bits per heavy atom. The molecule has 4 rings (SSSR count). The van der Waals surface area contributed by atoms with E-state index in [4.69, 9.17) is 4.74 Å². The zero-order valence-electron chi connectivity index (χ0n) is 13.4. The summed E-state index contributed by atoms with van der Waals surface area (Å²) in [6.07, 6.45) is 2.75. The Morgan fingerprint density at radius 1 is 1.38 bits per heavy atom. The van der Waals surface area contributed by atoms with Crippen LogP contribution in [0.3, 0.4) is 0 Å². The number of hydrogen-bond acceptors (Lipinski definition) is 5. The first kappa shape index (κ1) is 14.9. The number of hydrogen-bond donors (Lipinski definition) is 2. The number of fused-ring (bicyclic) bond motifs is 1. The maximum Gasteiger partial charge on any atom is 0.260 e. The number of rotatable bonds is 4. The van der Waals surface area contributed by atoms with Crippen LogP contribution in [0.15, 0.2) is 41.3 Å². The lowest BCUT2D eigenvalue weighted by Gasteiger charge is -2.19. The molecular weight excluding hydrogens is 306 g/mol. The summed E-state index contributed by atoms with van der Waals surface area (Å²) in [7, 11) is 1.92. The Balaban J connectivity index is 1.52. The zero-order chi connectivity index (χ0) is 16.5. The number of aromatic amines is 1. The van der Waals surface area contributed by atoms with Crippen molar-refractivity contribution in [2.45, 2.75) is 12.5 Å². The summed E-state index contributed by atoms with van der Waals surface area (Å²) in [5.41, 5.74) is 1.63. The molecule has 0 spiro atoms. The van der Waals surface area contributed by atoms with E-state index < -0.39 is 0 Å². The average Bonchev–Trinajstić information content (AvgIpc) is 3.21. The minimum atomic E-state index is -0.131. The van der Waals surface area contributed by atoms with Gasteiger partial charge >= 0.3 is 0 Å². The average molecular weight is 325 g/mol. The van der Waals surface area contributed by atoms with Gasteiger partial charge in [-0.2, -0.15) is 5.10 Å². The van der Waals surface area contributed by atoms with Crippen LogP contribution < -0.4 is 10.9 Å². The molecule has 3 aromatic rings. The van der Waals surface area contributed by atoms with Gasteiger partial charge in [0.05, 0.1) is 16.6 Å². The number of H-pyrrole nitrogens is 1. The van der Waals surface area contributed by atoms with Crippen molar-refractivity contribution in [3.8, 4) is 0 Å². The van der Waals surface area contributed by atoms with Gasteiger partial charge in [-0.1, -0.05) is 12.1 Å². The largest absolute Gasteiger partial charge is 0.372 e. The summed E-state index contributed by atoms with van der Waals surface area (Å²) in [6, 6.07) is 9.31. The number of benzene rings is 1. The summed E-state index contributed by atoms with van der Waals surface area (Å²) >= 11 is 0. The molecule has 2 aromatic heterocycles. The van der Waals surface area contributed by atoms with Crippen molar-refractivity contribution in [2.75, 3.05) is 18.5 Å². The van der Waals surface area contributed by atoms with Gasteiger partial charge in [-0.15, -0.1) is 0 Å². The van der Waals surface area contributed by atoms with E-state index in [-0.39, 0.29) is 11.7 Å². The fraction of sp³-hybridized carbons (Fsp3) is 0.353. The van der Waals surface area contributed by atoms with Crippen LogP contribution in [0.1, 0.15) is 18.2 Å². The number of anilines is 1. The maximum absolute atomic E-state index is 12.1. The molecule has 0 amide bonds. The summed E-state index contributed by atoms with van der Waals surface area (Å²) in [5.74, 6) is 0.798. The van der Waals surface area contributed by atoms with Gasteiger partial charge in [-0.05, 0) is 24.6 Å². The van der Waals surface area contributed by atoms with Gasteiger partial charge in [-0.25, -0.2) is 4.98 Å². The van der Waals surface area contributed by atoms with Crippen LogP contribution in [0.2, 0.25) is 0 Å². The molecule has 1 aromatic carbocycles. The third-order valence-electron chi connectivity index (χ3n) is 4.51. The monoisotopic (exact) mass is 325 g/mol. The molecular formula is C17H19N5O2. The number of aromatic nitrogens is 4. The highest BCUT2D eigenvalue weighted by molar-refractivity contribution is 5.78. The summed E-state index contributed by atoms with van der Waals surface area (Å²) < 4.78 is 7.73.